The van der Waals surface area contributed by atoms with Crippen LogP contribution >= 0.6 is 23.4 Å². The Kier molecular flexibility index (Phi) is 3.82. The fourth-order valence-electron chi connectivity index (χ4n) is 3.58. The van der Waals surface area contributed by atoms with E-state index in [0.29, 0.717) is 22.8 Å². The molecule has 0 aromatic heterocycles. The van der Waals surface area contributed by atoms with Crippen molar-refractivity contribution in [2.24, 2.45) is 0 Å². The van der Waals surface area contributed by atoms with E-state index in [1.54, 1.807) is 24.3 Å². The van der Waals surface area contributed by atoms with Crippen LogP contribution in [0.25, 0.3) is 0 Å². The van der Waals surface area contributed by atoms with Crippen LogP contribution in [-0.4, -0.2) is 28.0 Å². The lowest BCUT2D eigenvalue weighted by molar-refractivity contribution is -0.121. The number of rotatable bonds is 1. The third-order valence-corrected chi connectivity index (χ3v) is 6.40. The number of anilines is 1. The van der Waals surface area contributed by atoms with E-state index >= 15 is 0 Å². The monoisotopic (exact) mass is 390 g/mol. The first kappa shape index (κ1) is 17.4. The Balaban J connectivity index is 1.88. The molecule has 2 aromatic rings. The van der Waals surface area contributed by atoms with Crippen LogP contribution in [0.5, 0.6) is 0 Å². The molecule has 2 amide bonds. The number of benzene rings is 2. The van der Waals surface area contributed by atoms with Crippen molar-refractivity contribution in [2.45, 2.75) is 23.5 Å². The number of carbonyl (C=O) groups excluding carboxylic acids is 2. The van der Waals surface area contributed by atoms with Crippen molar-refractivity contribution in [2.75, 3.05) is 11.9 Å². The van der Waals surface area contributed by atoms with Crippen molar-refractivity contribution in [1.82, 2.24) is 4.90 Å². The largest absolute Gasteiger partial charge is 0.323 e. The van der Waals surface area contributed by atoms with E-state index < -0.39 is 10.7 Å². The van der Waals surface area contributed by atoms with E-state index in [-0.39, 0.29) is 22.1 Å². The summed E-state index contributed by atoms with van der Waals surface area (Å²) in [6, 6.07) is 10.7. The van der Waals surface area contributed by atoms with Gasteiger partial charge in [-0.1, -0.05) is 17.7 Å². The van der Waals surface area contributed by atoms with Crippen LogP contribution in [0, 0.1) is 5.82 Å². The van der Waals surface area contributed by atoms with Crippen molar-refractivity contribution in [3.05, 3.63) is 64.4 Å². The number of hydrogen-bond acceptors (Lipinski definition) is 3. The van der Waals surface area contributed by atoms with Gasteiger partial charge in [0, 0.05) is 33.1 Å². The number of nitrogens with one attached hydrogen (secondary N) is 1. The van der Waals surface area contributed by atoms with E-state index in [1.165, 1.54) is 34.9 Å². The highest BCUT2D eigenvalue weighted by molar-refractivity contribution is 8.02. The van der Waals surface area contributed by atoms with Gasteiger partial charge in [0.25, 0.3) is 11.8 Å². The van der Waals surface area contributed by atoms with Crippen molar-refractivity contribution >= 4 is 40.9 Å². The number of carbonyl (C=O) groups is 2. The molecule has 1 atom stereocenters. The minimum absolute atomic E-state index is 0.214. The molecule has 134 valence electrons. The van der Waals surface area contributed by atoms with Gasteiger partial charge in [0.15, 0.2) is 4.87 Å². The second kappa shape index (κ2) is 5.72. The molecule has 0 radical (unpaired) electrons. The van der Waals surface area contributed by atoms with Gasteiger partial charge in [0.05, 0.1) is 0 Å². The molecule has 4 nitrogen and oxygen atoms in total. The minimum atomic E-state index is -1.22. The van der Waals surface area contributed by atoms with Gasteiger partial charge in [-0.05, 0) is 50.2 Å². The average molecular weight is 391 g/mol. The van der Waals surface area contributed by atoms with Crippen LogP contribution in [0.2, 0.25) is 5.02 Å². The summed E-state index contributed by atoms with van der Waals surface area (Å²) in [5, 5.41) is 3.35. The summed E-state index contributed by atoms with van der Waals surface area (Å²) < 4.78 is 13.3. The Labute approximate surface area is 159 Å². The van der Waals surface area contributed by atoms with Crippen molar-refractivity contribution in [3.8, 4) is 0 Å². The highest BCUT2D eigenvalue weighted by atomic mass is 35.5. The van der Waals surface area contributed by atoms with Crippen LogP contribution in [0.15, 0.2) is 42.5 Å². The maximum Gasteiger partial charge on any atom is 0.265 e. The molecule has 2 aliphatic heterocycles. The third-order valence-electron chi connectivity index (χ3n) is 4.56. The predicted octanol–water partition coefficient (Wildman–Crippen LogP) is 4.25. The molecule has 0 bridgehead atoms. The zero-order valence-corrected chi connectivity index (χ0v) is 15.7. The highest BCUT2D eigenvalue weighted by Gasteiger charge is 2.61. The van der Waals surface area contributed by atoms with Gasteiger partial charge in [0.1, 0.15) is 5.82 Å². The molecule has 4 rings (SSSR count). The molecule has 1 fully saturated rings. The summed E-state index contributed by atoms with van der Waals surface area (Å²) in [7, 11) is 0. The van der Waals surface area contributed by atoms with Crippen molar-refractivity contribution < 1.29 is 14.0 Å². The molecule has 2 aliphatic rings. The molecule has 2 heterocycles. The smallest absolute Gasteiger partial charge is 0.265 e. The summed E-state index contributed by atoms with van der Waals surface area (Å²) in [4.78, 5) is 26.6. The number of halogens is 2. The van der Waals surface area contributed by atoms with Crippen LogP contribution in [-0.2, 0) is 9.67 Å². The zero-order valence-electron chi connectivity index (χ0n) is 14.2. The van der Waals surface area contributed by atoms with Gasteiger partial charge in [-0.3, -0.25) is 9.59 Å². The lowest BCUT2D eigenvalue weighted by Gasteiger charge is -2.32. The maximum atomic E-state index is 13.6. The summed E-state index contributed by atoms with van der Waals surface area (Å²) in [6.45, 7) is 4.31. The van der Waals surface area contributed by atoms with Gasteiger partial charge in [-0.2, -0.15) is 0 Å². The topological polar surface area (TPSA) is 49.4 Å². The van der Waals surface area contributed by atoms with E-state index in [2.05, 4.69) is 5.32 Å². The minimum Gasteiger partial charge on any atom is -0.323 e. The number of fused-ring (bicyclic) bond motifs is 2. The summed E-state index contributed by atoms with van der Waals surface area (Å²) in [5.41, 5.74) is 1.52. The lowest BCUT2D eigenvalue weighted by atomic mass is 10.0. The molecule has 1 saturated heterocycles. The molecule has 1 spiro atoms. The van der Waals surface area contributed by atoms with Crippen LogP contribution in [0.4, 0.5) is 10.1 Å². The first-order valence-corrected chi connectivity index (χ1v) is 9.32. The Morgan fingerprint density at radius 2 is 2.04 bits per heavy atom. The van der Waals surface area contributed by atoms with Gasteiger partial charge >= 0.3 is 0 Å². The van der Waals surface area contributed by atoms with E-state index in [1.807, 2.05) is 13.8 Å². The molecular formula is C19H16ClFN2O2S. The Morgan fingerprint density at radius 3 is 2.77 bits per heavy atom. The number of nitrogens with zero attached hydrogens (tertiary/aromatic N) is 1. The van der Waals surface area contributed by atoms with Crippen molar-refractivity contribution in [3.63, 3.8) is 0 Å². The number of amides is 2. The fourth-order valence-corrected chi connectivity index (χ4v) is 5.42. The van der Waals surface area contributed by atoms with Gasteiger partial charge in [0.2, 0.25) is 0 Å². The second-order valence-corrected chi connectivity index (χ2v) is 9.39. The Morgan fingerprint density at radius 1 is 1.27 bits per heavy atom. The molecule has 0 saturated carbocycles. The summed E-state index contributed by atoms with van der Waals surface area (Å²) in [6.07, 6.45) is 0. The van der Waals surface area contributed by atoms with E-state index in [9.17, 15) is 14.0 Å². The molecule has 0 aliphatic carbocycles. The normalized spacial score (nSPS) is 23.2. The maximum absolute atomic E-state index is 13.6. The molecule has 0 unspecified atom stereocenters. The lowest BCUT2D eigenvalue weighted by Crippen LogP contribution is -2.48. The predicted molar refractivity (Wildman–Crippen MR) is 101 cm³/mol. The quantitative estimate of drug-likeness (QED) is 0.791. The second-order valence-electron chi connectivity index (χ2n) is 7.05. The first-order valence-electron chi connectivity index (χ1n) is 8.12. The molecular weight excluding hydrogens is 375 g/mol. The van der Waals surface area contributed by atoms with Gasteiger partial charge < -0.3 is 10.2 Å². The molecule has 1 N–H and O–H groups in total. The molecule has 2 aromatic carbocycles. The summed E-state index contributed by atoms with van der Waals surface area (Å²) in [5.74, 6) is -1.16. The molecule has 26 heavy (non-hydrogen) atoms. The standard InChI is InChI=1S/C19H16ClFN2O2S/c1-18(2)10-23(16(24)11-4-3-5-13(21)8-11)19(26-18)14-9-12(20)6-7-15(14)22-17(19)25/h3-9H,10H2,1-2H3,(H,22,25)/t19-/m0/s1. The van der Waals surface area contributed by atoms with Crippen molar-refractivity contribution in [1.29, 1.82) is 0 Å². The van der Waals surface area contributed by atoms with Crippen LogP contribution in [0.1, 0.15) is 29.8 Å². The number of hydrogen-bond donors (Lipinski definition) is 1. The summed E-state index contributed by atoms with van der Waals surface area (Å²) >= 11 is 7.58. The number of thioether (sulfide) groups is 1. The average Bonchev–Trinajstić information content (AvgIpc) is 3.02. The van der Waals surface area contributed by atoms with Crippen LogP contribution < -0.4 is 5.32 Å². The Hall–Kier alpha value is -2.05. The van der Waals surface area contributed by atoms with E-state index in [4.69, 9.17) is 11.6 Å². The first-order chi connectivity index (χ1) is 12.2. The highest BCUT2D eigenvalue weighted by Crippen LogP contribution is 2.58. The zero-order chi connectivity index (χ0) is 18.7. The fraction of sp³-hybridized carbons (Fsp3) is 0.263. The molecule has 7 heteroatoms. The van der Waals surface area contributed by atoms with E-state index in [0.717, 1.165) is 0 Å². The third kappa shape index (κ3) is 2.51. The van der Waals surface area contributed by atoms with Gasteiger partial charge in [-0.15, -0.1) is 11.8 Å². The Bertz CT molecular complexity index is 949. The van der Waals surface area contributed by atoms with Crippen LogP contribution in [0.3, 0.4) is 0 Å². The van der Waals surface area contributed by atoms with Gasteiger partial charge in [-0.25, -0.2) is 4.39 Å². The SMILES string of the molecule is CC1(C)CN(C(=O)c2cccc(F)c2)[C@@]2(S1)C(=O)Nc1ccc(Cl)cc12.